The minimum Gasteiger partial charge on any atom is -0.313 e. The van der Waals surface area contributed by atoms with E-state index in [1.165, 1.54) is 5.56 Å². The fourth-order valence-corrected chi connectivity index (χ4v) is 2.17. The molecule has 1 unspecified atom stereocenters. The van der Waals surface area contributed by atoms with Crippen LogP contribution in [0, 0.1) is 6.92 Å². The molecule has 0 fully saturated rings. The van der Waals surface area contributed by atoms with Crippen LogP contribution in [0.2, 0.25) is 5.02 Å². The van der Waals surface area contributed by atoms with Gasteiger partial charge < -0.3 is 5.32 Å². The average Bonchev–Trinajstić information content (AvgIpc) is 2.72. The number of rotatable bonds is 4. The molecule has 0 aliphatic carbocycles. The number of nitrogens with one attached hydrogen (secondary N) is 1. The minimum absolute atomic E-state index is 0.405. The predicted molar refractivity (Wildman–Crippen MR) is 75.4 cm³/mol. The van der Waals surface area contributed by atoms with Gasteiger partial charge in [0, 0.05) is 12.2 Å². The largest absolute Gasteiger partial charge is 0.313 e. The molecule has 0 aliphatic rings. The van der Waals surface area contributed by atoms with Gasteiger partial charge in [0.05, 0.1) is 16.4 Å². The van der Waals surface area contributed by atoms with Crippen molar-refractivity contribution < 1.29 is 0 Å². The Hall–Kier alpha value is -1.32. The smallest absolute Gasteiger partial charge is 0.0819 e. The fourth-order valence-electron chi connectivity index (χ4n) is 2.04. The van der Waals surface area contributed by atoms with Crippen LogP contribution in [-0.2, 0) is 0 Å². The molecule has 1 atom stereocenters. The Labute approximate surface area is 113 Å². The highest BCUT2D eigenvalue weighted by atomic mass is 35.5. The average molecular weight is 264 g/mol. The SMILES string of the molecule is CCC(NC)c1ccc(-n2cc(Cl)c(C)n2)cc1. The van der Waals surface area contributed by atoms with E-state index in [2.05, 4.69) is 41.6 Å². The van der Waals surface area contributed by atoms with Crippen LogP contribution < -0.4 is 5.32 Å². The third kappa shape index (κ3) is 2.57. The van der Waals surface area contributed by atoms with Crippen molar-refractivity contribution in [3.63, 3.8) is 0 Å². The summed E-state index contributed by atoms with van der Waals surface area (Å²) >= 11 is 6.01. The predicted octanol–water partition coefficient (Wildman–Crippen LogP) is 3.50. The van der Waals surface area contributed by atoms with Gasteiger partial charge in [0.1, 0.15) is 0 Å². The van der Waals surface area contributed by atoms with Crippen molar-refractivity contribution in [3.8, 4) is 5.69 Å². The monoisotopic (exact) mass is 263 g/mol. The Balaban J connectivity index is 2.27. The van der Waals surface area contributed by atoms with E-state index in [0.29, 0.717) is 11.1 Å². The molecule has 0 radical (unpaired) electrons. The summed E-state index contributed by atoms with van der Waals surface area (Å²) in [7, 11) is 1.98. The molecule has 0 saturated heterocycles. The normalized spacial score (nSPS) is 12.7. The molecular weight excluding hydrogens is 246 g/mol. The van der Waals surface area contributed by atoms with Gasteiger partial charge in [-0.3, -0.25) is 0 Å². The van der Waals surface area contributed by atoms with Crippen LogP contribution in [0.1, 0.15) is 30.6 Å². The number of hydrogen-bond donors (Lipinski definition) is 1. The van der Waals surface area contributed by atoms with Gasteiger partial charge >= 0.3 is 0 Å². The van der Waals surface area contributed by atoms with E-state index in [1.54, 1.807) is 0 Å². The van der Waals surface area contributed by atoms with Crippen LogP contribution in [0.3, 0.4) is 0 Å². The second-order valence-electron chi connectivity index (χ2n) is 4.35. The first-order valence-electron chi connectivity index (χ1n) is 6.15. The van der Waals surface area contributed by atoms with Crippen molar-refractivity contribution in [2.45, 2.75) is 26.3 Å². The summed E-state index contributed by atoms with van der Waals surface area (Å²) in [4.78, 5) is 0. The number of hydrogen-bond acceptors (Lipinski definition) is 2. The summed E-state index contributed by atoms with van der Waals surface area (Å²) in [6, 6.07) is 8.80. The van der Waals surface area contributed by atoms with Gasteiger partial charge in [-0.2, -0.15) is 5.10 Å². The Morgan fingerprint density at radius 2 is 2.00 bits per heavy atom. The van der Waals surface area contributed by atoms with E-state index < -0.39 is 0 Å². The van der Waals surface area contributed by atoms with Crippen molar-refractivity contribution >= 4 is 11.6 Å². The van der Waals surface area contributed by atoms with Gasteiger partial charge in [-0.25, -0.2) is 4.68 Å². The molecule has 0 saturated carbocycles. The minimum atomic E-state index is 0.405. The van der Waals surface area contributed by atoms with Gasteiger partial charge in [0.25, 0.3) is 0 Å². The Kier molecular flexibility index (Phi) is 4.04. The zero-order valence-corrected chi connectivity index (χ0v) is 11.7. The Bertz CT molecular complexity index is 493. The summed E-state index contributed by atoms with van der Waals surface area (Å²) in [6.07, 6.45) is 2.91. The number of benzene rings is 1. The Morgan fingerprint density at radius 3 is 2.44 bits per heavy atom. The van der Waals surface area contributed by atoms with E-state index in [4.69, 9.17) is 11.6 Å². The van der Waals surface area contributed by atoms with Crippen LogP contribution in [-0.4, -0.2) is 16.8 Å². The molecule has 96 valence electrons. The number of halogens is 1. The molecule has 0 bridgehead atoms. The molecule has 1 heterocycles. The second-order valence-corrected chi connectivity index (χ2v) is 4.76. The molecule has 3 nitrogen and oxygen atoms in total. The van der Waals surface area contributed by atoms with Crippen LogP contribution >= 0.6 is 11.6 Å². The maximum absolute atomic E-state index is 6.01. The topological polar surface area (TPSA) is 29.9 Å². The lowest BCUT2D eigenvalue weighted by Gasteiger charge is -2.14. The number of aryl methyl sites for hydroxylation is 1. The van der Waals surface area contributed by atoms with Crippen LogP contribution in [0.25, 0.3) is 5.69 Å². The third-order valence-corrected chi connectivity index (χ3v) is 3.53. The van der Waals surface area contributed by atoms with Crippen LogP contribution in [0.15, 0.2) is 30.5 Å². The van der Waals surface area contributed by atoms with Gasteiger partial charge in [-0.1, -0.05) is 30.7 Å². The Morgan fingerprint density at radius 1 is 1.33 bits per heavy atom. The van der Waals surface area contributed by atoms with Crippen LogP contribution in [0.4, 0.5) is 0 Å². The third-order valence-electron chi connectivity index (χ3n) is 3.16. The maximum atomic E-state index is 6.01. The summed E-state index contributed by atoms with van der Waals surface area (Å²) in [5.74, 6) is 0. The second kappa shape index (κ2) is 5.55. The van der Waals surface area contributed by atoms with E-state index in [9.17, 15) is 0 Å². The first-order chi connectivity index (χ1) is 8.65. The van der Waals surface area contributed by atoms with Gasteiger partial charge in [-0.15, -0.1) is 0 Å². The summed E-state index contributed by atoms with van der Waals surface area (Å²) < 4.78 is 1.81. The van der Waals surface area contributed by atoms with Crippen molar-refractivity contribution in [2.75, 3.05) is 7.05 Å². The summed E-state index contributed by atoms with van der Waals surface area (Å²) in [5.41, 5.74) is 3.17. The van der Waals surface area contributed by atoms with Crippen LogP contribution in [0.5, 0.6) is 0 Å². The molecular formula is C14H18ClN3. The zero-order chi connectivity index (χ0) is 13.1. The highest BCUT2D eigenvalue weighted by Gasteiger charge is 2.07. The lowest BCUT2D eigenvalue weighted by atomic mass is 10.0. The molecule has 1 aromatic carbocycles. The first kappa shape index (κ1) is 13.1. The van der Waals surface area contributed by atoms with E-state index in [-0.39, 0.29) is 0 Å². The molecule has 0 amide bonds. The molecule has 1 N–H and O–H groups in total. The summed E-state index contributed by atoms with van der Waals surface area (Å²) in [6.45, 7) is 4.08. The standard InChI is InChI=1S/C14H18ClN3/c1-4-14(16-3)11-5-7-12(8-6-11)18-9-13(15)10(2)17-18/h5-9,14,16H,4H2,1-3H3. The van der Waals surface area contributed by atoms with Crippen molar-refractivity contribution in [3.05, 3.63) is 46.7 Å². The lowest BCUT2D eigenvalue weighted by molar-refractivity contribution is 0.577. The number of nitrogens with zero attached hydrogens (tertiary/aromatic N) is 2. The molecule has 4 heteroatoms. The quantitative estimate of drug-likeness (QED) is 0.915. The van der Waals surface area contributed by atoms with Gasteiger partial charge in [0.15, 0.2) is 0 Å². The lowest BCUT2D eigenvalue weighted by Crippen LogP contribution is -2.15. The summed E-state index contributed by atoms with van der Waals surface area (Å²) in [5, 5.41) is 8.36. The number of aromatic nitrogens is 2. The highest BCUT2D eigenvalue weighted by Crippen LogP contribution is 2.20. The molecule has 18 heavy (non-hydrogen) atoms. The van der Waals surface area contributed by atoms with Crippen molar-refractivity contribution in [1.82, 2.24) is 15.1 Å². The van der Waals surface area contributed by atoms with E-state index in [0.717, 1.165) is 17.8 Å². The van der Waals surface area contributed by atoms with Gasteiger partial charge in [-0.05, 0) is 38.1 Å². The van der Waals surface area contributed by atoms with E-state index in [1.807, 2.05) is 24.9 Å². The van der Waals surface area contributed by atoms with Gasteiger partial charge in [0.2, 0.25) is 0 Å². The molecule has 1 aromatic heterocycles. The highest BCUT2D eigenvalue weighted by molar-refractivity contribution is 6.31. The molecule has 2 aromatic rings. The molecule has 0 spiro atoms. The maximum Gasteiger partial charge on any atom is 0.0819 e. The molecule has 2 rings (SSSR count). The fraction of sp³-hybridized carbons (Fsp3) is 0.357. The molecule has 0 aliphatic heterocycles. The first-order valence-corrected chi connectivity index (χ1v) is 6.53. The zero-order valence-electron chi connectivity index (χ0n) is 10.9. The van der Waals surface area contributed by atoms with E-state index >= 15 is 0 Å². The van der Waals surface area contributed by atoms with Crippen molar-refractivity contribution in [2.24, 2.45) is 0 Å². The van der Waals surface area contributed by atoms with Crippen molar-refractivity contribution in [1.29, 1.82) is 0 Å².